The molecule has 0 aromatic heterocycles. The molecule has 0 atom stereocenters. The maximum absolute atomic E-state index is 12.2. The van der Waals surface area contributed by atoms with Crippen LogP contribution in [0.3, 0.4) is 0 Å². The molecule has 6 nitrogen and oxygen atoms in total. The summed E-state index contributed by atoms with van der Waals surface area (Å²) < 4.78 is 5.01. The molecule has 2 aromatic rings. The quantitative estimate of drug-likeness (QED) is 0.699. The number of ether oxygens (including phenoxy) is 1. The lowest BCUT2D eigenvalue weighted by atomic mass is 10.2. The highest BCUT2D eigenvalue weighted by atomic mass is 35.5. The molecule has 0 aliphatic carbocycles. The Labute approximate surface area is 172 Å². The number of hydrogen-bond donors (Lipinski definition) is 1. The van der Waals surface area contributed by atoms with Crippen LogP contribution in [-0.4, -0.2) is 36.7 Å². The van der Waals surface area contributed by atoms with Gasteiger partial charge in [0.25, 0.3) is 5.91 Å². The topological polar surface area (TPSA) is 75.7 Å². The maximum atomic E-state index is 12.2. The molecule has 1 heterocycles. The second-order valence-electron chi connectivity index (χ2n) is 6.12. The molecule has 8 heteroatoms. The Morgan fingerprint density at radius 3 is 2.68 bits per heavy atom. The summed E-state index contributed by atoms with van der Waals surface area (Å²) in [6.45, 7) is 0.193. The van der Waals surface area contributed by atoms with Crippen molar-refractivity contribution in [1.82, 2.24) is 5.32 Å². The number of esters is 1. The first kappa shape index (κ1) is 20.2. The number of fused-ring (bicyclic) bond motifs is 1. The third-order valence-corrected chi connectivity index (χ3v) is 5.41. The van der Waals surface area contributed by atoms with Crippen molar-refractivity contribution >= 4 is 46.8 Å². The highest BCUT2D eigenvalue weighted by molar-refractivity contribution is 8.00. The fraction of sp³-hybridized carbons (Fsp3) is 0.250. The van der Waals surface area contributed by atoms with Crippen LogP contribution < -0.4 is 10.2 Å². The van der Waals surface area contributed by atoms with Gasteiger partial charge in [-0.25, -0.2) is 0 Å². The van der Waals surface area contributed by atoms with Crippen LogP contribution in [0.2, 0.25) is 5.02 Å². The zero-order valence-corrected chi connectivity index (χ0v) is 16.6. The zero-order chi connectivity index (χ0) is 19.9. The average molecular weight is 419 g/mol. The molecule has 2 amide bonds. The van der Waals surface area contributed by atoms with Gasteiger partial charge in [0.15, 0.2) is 6.61 Å². The Hall–Kier alpha value is -2.51. The molecule has 3 rings (SSSR count). The number of thioether (sulfide) groups is 1. The summed E-state index contributed by atoms with van der Waals surface area (Å²) >= 11 is 7.30. The number of anilines is 1. The minimum atomic E-state index is -0.523. The summed E-state index contributed by atoms with van der Waals surface area (Å²) in [5, 5.41) is 3.30. The van der Waals surface area contributed by atoms with Crippen LogP contribution in [-0.2, 0) is 25.7 Å². The van der Waals surface area contributed by atoms with E-state index in [4.69, 9.17) is 16.3 Å². The summed E-state index contributed by atoms with van der Waals surface area (Å²) in [6.07, 6.45) is 0.0230. The number of halogens is 1. The molecule has 0 saturated heterocycles. The van der Waals surface area contributed by atoms with Crippen molar-refractivity contribution in [2.45, 2.75) is 17.9 Å². The normalized spacial score (nSPS) is 13.0. The van der Waals surface area contributed by atoms with E-state index >= 15 is 0 Å². The van der Waals surface area contributed by atoms with Crippen LogP contribution in [0.25, 0.3) is 0 Å². The molecule has 146 valence electrons. The van der Waals surface area contributed by atoms with Crippen LogP contribution in [0.4, 0.5) is 5.69 Å². The summed E-state index contributed by atoms with van der Waals surface area (Å²) in [7, 11) is 0. The zero-order valence-electron chi connectivity index (χ0n) is 15.0. The van der Waals surface area contributed by atoms with Crippen LogP contribution in [0, 0.1) is 0 Å². The highest BCUT2D eigenvalue weighted by Gasteiger charge is 2.24. The summed E-state index contributed by atoms with van der Waals surface area (Å²) in [6, 6.07) is 14.7. The minimum Gasteiger partial charge on any atom is -0.456 e. The van der Waals surface area contributed by atoms with Gasteiger partial charge in [0.05, 0.1) is 17.9 Å². The predicted octanol–water partition coefficient (Wildman–Crippen LogP) is 3.03. The van der Waals surface area contributed by atoms with Crippen LogP contribution >= 0.6 is 23.4 Å². The van der Waals surface area contributed by atoms with Crippen molar-refractivity contribution < 1.29 is 19.1 Å². The largest absolute Gasteiger partial charge is 0.456 e. The maximum Gasteiger partial charge on any atom is 0.308 e. The SMILES string of the molecule is O=C(COC(=O)CCN1C(=O)CSc2ccccc21)NCc1ccc(Cl)cc1. The second-order valence-corrected chi connectivity index (χ2v) is 7.57. The van der Waals surface area contributed by atoms with Crippen molar-refractivity contribution in [3.8, 4) is 0 Å². The molecule has 28 heavy (non-hydrogen) atoms. The van der Waals surface area contributed by atoms with Crippen LogP contribution in [0.1, 0.15) is 12.0 Å². The predicted molar refractivity (Wildman–Crippen MR) is 108 cm³/mol. The van der Waals surface area contributed by atoms with Crippen LogP contribution in [0.5, 0.6) is 0 Å². The first-order valence-electron chi connectivity index (χ1n) is 8.72. The third-order valence-electron chi connectivity index (χ3n) is 4.11. The number of benzene rings is 2. The summed E-state index contributed by atoms with van der Waals surface area (Å²) in [4.78, 5) is 38.5. The molecule has 0 radical (unpaired) electrons. The van der Waals surface area contributed by atoms with Gasteiger partial charge in [0.2, 0.25) is 5.91 Å². The molecule has 0 fully saturated rings. The molecule has 0 bridgehead atoms. The Kier molecular flexibility index (Phi) is 6.95. The van der Waals surface area contributed by atoms with E-state index < -0.39 is 5.97 Å². The standard InChI is InChI=1S/C20H19ClN2O4S/c21-15-7-5-14(6-8-15)11-22-18(24)12-27-20(26)9-10-23-16-3-1-2-4-17(16)28-13-19(23)25/h1-8H,9-13H2,(H,22,24). The lowest BCUT2D eigenvalue weighted by Gasteiger charge is -2.28. The molecule has 0 unspecified atom stereocenters. The fourth-order valence-electron chi connectivity index (χ4n) is 2.67. The van der Waals surface area contributed by atoms with Gasteiger partial charge in [-0.15, -0.1) is 11.8 Å². The average Bonchev–Trinajstić information content (AvgIpc) is 2.71. The second kappa shape index (κ2) is 9.61. The monoisotopic (exact) mass is 418 g/mol. The number of nitrogens with zero attached hydrogens (tertiary/aromatic N) is 1. The number of rotatable bonds is 7. The molecule has 1 aliphatic heterocycles. The number of carbonyl (C=O) groups excluding carboxylic acids is 3. The molecule has 1 N–H and O–H groups in total. The number of carbonyl (C=O) groups is 3. The molecule has 0 saturated carbocycles. The van der Waals surface area contributed by atoms with Crippen molar-refractivity contribution in [1.29, 1.82) is 0 Å². The van der Waals surface area contributed by atoms with Crippen molar-refractivity contribution in [2.24, 2.45) is 0 Å². The molecule has 0 spiro atoms. The summed E-state index contributed by atoms with van der Waals surface area (Å²) in [5.74, 6) is -0.611. The van der Waals surface area contributed by atoms with Crippen LogP contribution in [0.15, 0.2) is 53.4 Å². The van der Waals surface area contributed by atoms with Gasteiger partial charge in [0.1, 0.15) is 0 Å². The molecule has 2 aromatic carbocycles. The van der Waals surface area contributed by atoms with E-state index in [1.165, 1.54) is 11.8 Å². The number of nitrogens with one attached hydrogen (secondary N) is 1. The van der Waals surface area contributed by atoms with Gasteiger partial charge in [-0.2, -0.15) is 0 Å². The number of amides is 2. The van der Waals surface area contributed by atoms with Crippen molar-refractivity contribution in [3.63, 3.8) is 0 Å². The highest BCUT2D eigenvalue weighted by Crippen LogP contribution is 2.34. The van der Waals surface area contributed by atoms with E-state index in [-0.39, 0.29) is 31.4 Å². The number of hydrogen-bond acceptors (Lipinski definition) is 5. The van der Waals surface area contributed by atoms with E-state index in [0.717, 1.165) is 16.1 Å². The van der Waals surface area contributed by atoms with Gasteiger partial charge in [-0.05, 0) is 29.8 Å². The van der Waals surface area contributed by atoms with E-state index in [2.05, 4.69) is 5.32 Å². The third kappa shape index (κ3) is 5.50. The van der Waals surface area contributed by atoms with Crippen molar-refractivity contribution in [3.05, 3.63) is 59.1 Å². The molecular formula is C20H19ClN2O4S. The lowest BCUT2D eigenvalue weighted by Crippen LogP contribution is -2.37. The Morgan fingerprint density at radius 2 is 1.89 bits per heavy atom. The molecule has 1 aliphatic rings. The first-order valence-corrected chi connectivity index (χ1v) is 10.1. The van der Waals surface area contributed by atoms with Gasteiger partial charge >= 0.3 is 5.97 Å². The van der Waals surface area contributed by atoms with E-state index in [9.17, 15) is 14.4 Å². The molecular weight excluding hydrogens is 400 g/mol. The first-order chi connectivity index (χ1) is 13.5. The Bertz CT molecular complexity index is 873. The van der Waals surface area contributed by atoms with Gasteiger partial charge in [0, 0.05) is 23.0 Å². The van der Waals surface area contributed by atoms with Gasteiger partial charge in [-0.1, -0.05) is 35.9 Å². The lowest BCUT2D eigenvalue weighted by molar-refractivity contribution is -0.148. The Balaban J connectivity index is 1.41. The van der Waals surface area contributed by atoms with Crippen molar-refractivity contribution in [2.75, 3.05) is 23.8 Å². The number of para-hydroxylation sites is 1. The Morgan fingerprint density at radius 1 is 1.14 bits per heavy atom. The van der Waals surface area contributed by atoms with E-state index in [1.807, 2.05) is 24.3 Å². The fourth-order valence-corrected chi connectivity index (χ4v) is 3.74. The van der Waals surface area contributed by atoms with E-state index in [0.29, 0.717) is 17.3 Å². The van der Waals surface area contributed by atoms with E-state index in [1.54, 1.807) is 29.2 Å². The van der Waals surface area contributed by atoms with Gasteiger partial charge < -0.3 is 15.0 Å². The van der Waals surface area contributed by atoms with Gasteiger partial charge in [-0.3, -0.25) is 14.4 Å². The minimum absolute atomic E-state index is 0.0230. The summed E-state index contributed by atoms with van der Waals surface area (Å²) in [5.41, 5.74) is 1.70. The smallest absolute Gasteiger partial charge is 0.308 e.